The van der Waals surface area contributed by atoms with E-state index in [1.807, 2.05) is 13.8 Å². The minimum atomic E-state index is -0.386. The van der Waals surface area contributed by atoms with Gasteiger partial charge in [0.1, 0.15) is 0 Å². The lowest BCUT2D eigenvalue weighted by Crippen LogP contribution is -2.50. The summed E-state index contributed by atoms with van der Waals surface area (Å²) in [6.07, 6.45) is 1.93. The van der Waals surface area contributed by atoms with E-state index in [1.54, 1.807) is 23.9 Å². The molecular formula is C14H27N3O3. The van der Waals surface area contributed by atoms with Crippen molar-refractivity contribution in [2.24, 2.45) is 5.92 Å². The summed E-state index contributed by atoms with van der Waals surface area (Å²) < 4.78 is 0. The Hall–Kier alpha value is -1.30. The van der Waals surface area contributed by atoms with Gasteiger partial charge in [-0.1, -0.05) is 0 Å². The van der Waals surface area contributed by atoms with Crippen molar-refractivity contribution < 1.29 is 14.7 Å². The second-order valence-corrected chi connectivity index (χ2v) is 6.29. The van der Waals surface area contributed by atoms with Crippen LogP contribution in [0, 0.1) is 5.92 Å². The highest BCUT2D eigenvalue weighted by Crippen LogP contribution is 2.19. The minimum Gasteiger partial charge on any atom is -0.396 e. The predicted molar refractivity (Wildman–Crippen MR) is 77.3 cm³/mol. The lowest BCUT2D eigenvalue weighted by Gasteiger charge is -2.35. The number of nitrogens with zero attached hydrogens (tertiary/aromatic N) is 2. The van der Waals surface area contributed by atoms with E-state index in [-0.39, 0.29) is 30.0 Å². The molecule has 0 aromatic rings. The number of hydrogen-bond acceptors (Lipinski definition) is 3. The van der Waals surface area contributed by atoms with Crippen LogP contribution in [0.2, 0.25) is 0 Å². The van der Waals surface area contributed by atoms with E-state index in [4.69, 9.17) is 5.11 Å². The summed E-state index contributed by atoms with van der Waals surface area (Å²) in [5.74, 6) is -0.0143. The molecule has 1 heterocycles. The smallest absolute Gasteiger partial charge is 0.319 e. The van der Waals surface area contributed by atoms with Crippen LogP contribution in [0.15, 0.2) is 0 Å². The Morgan fingerprint density at radius 2 is 1.85 bits per heavy atom. The van der Waals surface area contributed by atoms with Crippen molar-refractivity contribution in [3.05, 3.63) is 0 Å². The maximum Gasteiger partial charge on any atom is 0.319 e. The van der Waals surface area contributed by atoms with Gasteiger partial charge in [-0.15, -0.1) is 0 Å². The van der Waals surface area contributed by atoms with Crippen molar-refractivity contribution in [2.45, 2.75) is 38.6 Å². The summed E-state index contributed by atoms with van der Waals surface area (Å²) >= 11 is 0. The molecule has 0 radical (unpaired) electrons. The van der Waals surface area contributed by atoms with Crippen LogP contribution in [0.25, 0.3) is 0 Å². The highest BCUT2D eigenvalue weighted by atomic mass is 16.3. The lowest BCUT2D eigenvalue weighted by atomic mass is 9.93. The number of carbonyl (C=O) groups is 2. The Balaban J connectivity index is 2.45. The van der Waals surface area contributed by atoms with Crippen molar-refractivity contribution in [3.63, 3.8) is 0 Å². The third kappa shape index (κ3) is 4.67. The van der Waals surface area contributed by atoms with Gasteiger partial charge in [0.05, 0.1) is 0 Å². The van der Waals surface area contributed by atoms with Crippen LogP contribution in [0.4, 0.5) is 4.79 Å². The van der Waals surface area contributed by atoms with Gasteiger partial charge < -0.3 is 20.2 Å². The first-order valence-electron chi connectivity index (χ1n) is 7.16. The van der Waals surface area contributed by atoms with Crippen molar-refractivity contribution in [3.8, 4) is 0 Å². The second-order valence-electron chi connectivity index (χ2n) is 6.29. The summed E-state index contributed by atoms with van der Waals surface area (Å²) in [6, 6.07) is 0.00414. The summed E-state index contributed by atoms with van der Waals surface area (Å²) in [5.41, 5.74) is -0.386. The number of piperidine rings is 1. The number of nitrogens with one attached hydrogen (secondary N) is 1. The molecule has 0 atom stereocenters. The molecule has 0 spiro atoms. The molecule has 2 N–H and O–H groups in total. The normalized spacial score (nSPS) is 16.9. The number of rotatable bonds is 4. The molecule has 0 unspecified atom stereocenters. The third-order valence-corrected chi connectivity index (χ3v) is 3.72. The standard InChI is InChI=1S/C14H27N3O3/c1-14(2,7-10-18)15-12(19)11-5-8-17(9-6-11)13(20)16(3)4/h11,18H,5-10H2,1-4H3,(H,15,19). The Labute approximate surface area is 121 Å². The van der Waals surface area contributed by atoms with E-state index < -0.39 is 0 Å². The zero-order valence-corrected chi connectivity index (χ0v) is 13.0. The lowest BCUT2D eigenvalue weighted by molar-refractivity contribution is -0.128. The van der Waals surface area contributed by atoms with E-state index in [1.165, 1.54) is 0 Å². The monoisotopic (exact) mass is 285 g/mol. The molecule has 0 aromatic heterocycles. The highest BCUT2D eigenvalue weighted by Gasteiger charge is 2.30. The predicted octanol–water partition coefficient (Wildman–Crippen LogP) is 0.657. The fourth-order valence-electron chi connectivity index (χ4n) is 2.39. The fourth-order valence-corrected chi connectivity index (χ4v) is 2.39. The topological polar surface area (TPSA) is 72.9 Å². The Morgan fingerprint density at radius 3 is 2.30 bits per heavy atom. The van der Waals surface area contributed by atoms with Crippen molar-refractivity contribution in [1.82, 2.24) is 15.1 Å². The van der Waals surface area contributed by atoms with Gasteiger partial charge in [-0.05, 0) is 33.1 Å². The van der Waals surface area contributed by atoms with Crippen molar-refractivity contribution in [1.29, 1.82) is 0 Å². The molecular weight excluding hydrogens is 258 g/mol. The SMILES string of the molecule is CN(C)C(=O)N1CCC(C(=O)NC(C)(C)CCO)CC1. The van der Waals surface area contributed by atoms with E-state index >= 15 is 0 Å². The van der Waals surface area contributed by atoms with E-state index in [0.717, 1.165) is 0 Å². The Kier molecular flexibility index (Phi) is 5.80. The molecule has 0 bridgehead atoms. The third-order valence-electron chi connectivity index (χ3n) is 3.72. The Bertz CT molecular complexity index is 348. The molecule has 116 valence electrons. The average molecular weight is 285 g/mol. The van der Waals surface area contributed by atoms with Gasteiger partial charge in [0, 0.05) is 45.2 Å². The van der Waals surface area contributed by atoms with Gasteiger partial charge in [-0.25, -0.2) is 4.79 Å². The first-order chi connectivity index (χ1) is 9.26. The number of urea groups is 1. The summed E-state index contributed by atoms with van der Waals surface area (Å²) in [5, 5.41) is 12.0. The van der Waals surface area contributed by atoms with Gasteiger partial charge in [-0.3, -0.25) is 4.79 Å². The molecule has 0 aromatic carbocycles. The zero-order valence-electron chi connectivity index (χ0n) is 13.0. The van der Waals surface area contributed by atoms with E-state index in [2.05, 4.69) is 5.32 Å². The molecule has 1 rings (SSSR count). The van der Waals surface area contributed by atoms with Crippen LogP contribution in [-0.4, -0.2) is 66.2 Å². The average Bonchev–Trinajstić information content (AvgIpc) is 2.37. The summed E-state index contributed by atoms with van der Waals surface area (Å²) in [7, 11) is 3.47. The van der Waals surface area contributed by atoms with Crippen LogP contribution >= 0.6 is 0 Å². The molecule has 0 saturated carbocycles. The van der Waals surface area contributed by atoms with Crippen LogP contribution < -0.4 is 5.32 Å². The summed E-state index contributed by atoms with van der Waals surface area (Å²) in [4.78, 5) is 27.3. The van der Waals surface area contributed by atoms with Gasteiger partial charge >= 0.3 is 6.03 Å². The first kappa shape index (κ1) is 16.8. The second kappa shape index (κ2) is 6.92. The minimum absolute atomic E-state index is 0.00414. The number of aliphatic hydroxyl groups excluding tert-OH is 1. The molecule has 1 aliphatic rings. The largest absolute Gasteiger partial charge is 0.396 e. The number of aliphatic hydroxyl groups is 1. The molecule has 1 fully saturated rings. The molecule has 20 heavy (non-hydrogen) atoms. The van der Waals surface area contributed by atoms with E-state index in [9.17, 15) is 9.59 Å². The molecule has 0 aliphatic carbocycles. The number of carbonyl (C=O) groups excluding carboxylic acids is 2. The van der Waals surface area contributed by atoms with Gasteiger partial charge in [-0.2, -0.15) is 0 Å². The Morgan fingerprint density at radius 1 is 1.30 bits per heavy atom. The molecule has 6 nitrogen and oxygen atoms in total. The highest BCUT2D eigenvalue weighted by molar-refractivity contribution is 5.80. The fraction of sp³-hybridized carbons (Fsp3) is 0.857. The first-order valence-corrected chi connectivity index (χ1v) is 7.16. The van der Waals surface area contributed by atoms with Crippen molar-refractivity contribution >= 4 is 11.9 Å². The molecule has 6 heteroatoms. The van der Waals surface area contributed by atoms with Gasteiger partial charge in [0.15, 0.2) is 0 Å². The number of amides is 3. The number of likely N-dealkylation sites (tertiary alicyclic amines) is 1. The van der Waals surface area contributed by atoms with Gasteiger partial charge in [0.2, 0.25) is 5.91 Å². The van der Waals surface area contributed by atoms with E-state index in [0.29, 0.717) is 32.4 Å². The molecule has 3 amide bonds. The van der Waals surface area contributed by atoms with Crippen LogP contribution in [0.5, 0.6) is 0 Å². The van der Waals surface area contributed by atoms with Crippen LogP contribution in [-0.2, 0) is 4.79 Å². The zero-order chi connectivity index (χ0) is 15.3. The van der Waals surface area contributed by atoms with Crippen LogP contribution in [0.1, 0.15) is 33.1 Å². The molecule has 1 aliphatic heterocycles. The van der Waals surface area contributed by atoms with Crippen LogP contribution in [0.3, 0.4) is 0 Å². The number of hydrogen-bond donors (Lipinski definition) is 2. The maximum absolute atomic E-state index is 12.2. The van der Waals surface area contributed by atoms with Gasteiger partial charge in [0.25, 0.3) is 0 Å². The maximum atomic E-state index is 12.2. The van der Waals surface area contributed by atoms with Crippen molar-refractivity contribution in [2.75, 3.05) is 33.8 Å². The summed E-state index contributed by atoms with van der Waals surface area (Å²) in [6.45, 7) is 5.12. The quantitative estimate of drug-likeness (QED) is 0.797. The molecule has 1 saturated heterocycles.